The first-order chi connectivity index (χ1) is 8.06. The molecule has 1 atom stereocenters. The van der Waals surface area contributed by atoms with Crippen molar-refractivity contribution < 1.29 is 4.79 Å². The van der Waals surface area contributed by atoms with E-state index in [1.165, 1.54) is 0 Å². The monoisotopic (exact) mass is 234 g/mol. The van der Waals surface area contributed by atoms with Crippen molar-refractivity contribution in [3.63, 3.8) is 0 Å². The Morgan fingerprint density at radius 1 is 1.71 bits per heavy atom. The van der Waals surface area contributed by atoms with Crippen molar-refractivity contribution >= 4 is 5.91 Å². The van der Waals surface area contributed by atoms with Crippen LogP contribution < -0.4 is 10.6 Å². The van der Waals surface area contributed by atoms with Crippen LogP contribution in [0, 0.1) is 19.3 Å². The van der Waals surface area contributed by atoms with Crippen LogP contribution in [0.15, 0.2) is 6.20 Å². The summed E-state index contributed by atoms with van der Waals surface area (Å²) in [5.74, 6) is 2.34. The number of carbonyl (C=O) groups is 1. The lowest BCUT2D eigenvalue weighted by molar-refractivity contribution is -0.120. The zero-order valence-corrected chi connectivity index (χ0v) is 10.4. The summed E-state index contributed by atoms with van der Waals surface area (Å²) in [7, 11) is 1.88. The molecule has 92 valence electrons. The molecule has 5 heteroatoms. The largest absolute Gasteiger partial charge is 0.348 e. The lowest BCUT2D eigenvalue weighted by Crippen LogP contribution is -2.35. The van der Waals surface area contributed by atoms with Gasteiger partial charge in [0.15, 0.2) is 0 Å². The van der Waals surface area contributed by atoms with Gasteiger partial charge in [-0.3, -0.25) is 14.8 Å². The summed E-state index contributed by atoms with van der Waals surface area (Å²) in [6.07, 6.45) is 6.85. The van der Waals surface area contributed by atoms with Crippen molar-refractivity contribution in [2.45, 2.75) is 19.9 Å². The van der Waals surface area contributed by atoms with E-state index in [2.05, 4.69) is 21.7 Å². The second kappa shape index (κ2) is 6.06. The minimum atomic E-state index is -0.0731. The van der Waals surface area contributed by atoms with E-state index in [-0.39, 0.29) is 18.5 Å². The van der Waals surface area contributed by atoms with E-state index in [9.17, 15) is 4.79 Å². The first-order valence-electron chi connectivity index (χ1n) is 5.48. The summed E-state index contributed by atoms with van der Waals surface area (Å²) in [6.45, 7) is 4.53. The fraction of sp³-hybridized carbons (Fsp3) is 0.500. The predicted molar refractivity (Wildman–Crippen MR) is 66.2 cm³/mol. The minimum absolute atomic E-state index is 0.0520. The van der Waals surface area contributed by atoms with Gasteiger partial charge in [-0.2, -0.15) is 5.10 Å². The predicted octanol–water partition coefficient (Wildman–Crippen LogP) is 0.129. The average Bonchev–Trinajstić information content (AvgIpc) is 2.60. The Labute approximate surface area is 102 Å². The standard InChI is InChI=1S/C12H18N4O/c1-5-6-13-8-12(17)15-9(2)11-7-14-16(4)10(11)3/h1,7,9,13H,6,8H2,2-4H3,(H,15,17). The molecule has 5 nitrogen and oxygen atoms in total. The van der Waals surface area contributed by atoms with Gasteiger partial charge in [-0.05, 0) is 13.8 Å². The van der Waals surface area contributed by atoms with Crippen LogP contribution in [0.1, 0.15) is 24.2 Å². The van der Waals surface area contributed by atoms with Crippen LogP contribution in [0.25, 0.3) is 0 Å². The van der Waals surface area contributed by atoms with Gasteiger partial charge in [0, 0.05) is 18.3 Å². The second-order valence-corrected chi connectivity index (χ2v) is 3.91. The molecule has 1 unspecified atom stereocenters. The number of hydrogen-bond donors (Lipinski definition) is 2. The molecular formula is C12H18N4O. The molecule has 0 aromatic carbocycles. The van der Waals surface area contributed by atoms with Crippen LogP contribution in [0.4, 0.5) is 0 Å². The molecule has 0 saturated heterocycles. The molecule has 0 aliphatic rings. The molecule has 1 aromatic heterocycles. The van der Waals surface area contributed by atoms with Crippen molar-refractivity contribution in [1.29, 1.82) is 0 Å². The quantitative estimate of drug-likeness (QED) is 0.562. The van der Waals surface area contributed by atoms with E-state index in [1.54, 1.807) is 10.9 Å². The van der Waals surface area contributed by atoms with E-state index < -0.39 is 0 Å². The summed E-state index contributed by atoms with van der Waals surface area (Å²) in [6, 6.07) is -0.0520. The van der Waals surface area contributed by atoms with E-state index in [4.69, 9.17) is 6.42 Å². The maximum atomic E-state index is 11.6. The lowest BCUT2D eigenvalue weighted by Gasteiger charge is -2.13. The number of amides is 1. The van der Waals surface area contributed by atoms with Crippen molar-refractivity contribution in [3.8, 4) is 12.3 Å². The maximum Gasteiger partial charge on any atom is 0.234 e. The molecule has 1 amide bonds. The van der Waals surface area contributed by atoms with Gasteiger partial charge in [-0.15, -0.1) is 6.42 Å². The van der Waals surface area contributed by atoms with Crippen LogP contribution in [-0.2, 0) is 11.8 Å². The van der Waals surface area contributed by atoms with Crippen molar-refractivity contribution in [2.75, 3.05) is 13.1 Å². The van der Waals surface area contributed by atoms with Gasteiger partial charge < -0.3 is 5.32 Å². The SMILES string of the molecule is C#CCNCC(=O)NC(C)c1cnn(C)c1C. The Hall–Kier alpha value is -1.80. The van der Waals surface area contributed by atoms with Gasteiger partial charge in [-0.1, -0.05) is 5.92 Å². The third-order valence-electron chi connectivity index (χ3n) is 2.63. The second-order valence-electron chi connectivity index (χ2n) is 3.91. The molecule has 0 aliphatic heterocycles. The normalized spacial score (nSPS) is 11.9. The highest BCUT2D eigenvalue weighted by molar-refractivity contribution is 5.78. The van der Waals surface area contributed by atoms with Crippen LogP contribution in [0.5, 0.6) is 0 Å². The first kappa shape index (κ1) is 13.3. The molecule has 0 aliphatic carbocycles. The van der Waals surface area contributed by atoms with E-state index in [0.29, 0.717) is 6.54 Å². The molecule has 0 spiro atoms. The third-order valence-corrected chi connectivity index (χ3v) is 2.63. The van der Waals surface area contributed by atoms with Gasteiger partial charge in [0.25, 0.3) is 0 Å². The number of nitrogens with one attached hydrogen (secondary N) is 2. The zero-order valence-electron chi connectivity index (χ0n) is 10.4. The summed E-state index contributed by atoms with van der Waals surface area (Å²) in [5.41, 5.74) is 2.08. The summed E-state index contributed by atoms with van der Waals surface area (Å²) >= 11 is 0. The van der Waals surface area contributed by atoms with Gasteiger partial charge in [0.2, 0.25) is 5.91 Å². The topological polar surface area (TPSA) is 59.0 Å². The van der Waals surface area contributed by atoms with E-state index >= 15 is 0 Å². The molecule has 0 radical (unpaired) electrons. The Balaban J connectivity index is 2.49. The zero-order chi connectivity index (χ0) is 12.8. The highest BCUT2D eigenvalue weighted by Gasteiger charge is 2.13. The molecule has 0 fully saturated rings. The fourth-order valence-corrected chi connectivity index (χ4v) is 1.56. The van der Waals surface area contributed by atoms with Crippen LogP contribution in [0.2, 0.25) is 0 Å². The first-order valence-corrected chi connectivity index (χ1v) is 5.48. The fourth-order valence-electron chi connectivity index (χ4n) is 1.56. The molecule has 17 heavy (non-hydrogen) atoms. The van der Waals surface area contributed by atoms with E-state index in [0.717, 1.165) is 11.3 Å². The van der Waals surface area contributed by atoms with Gasteiger partial charge in [0.1, 0.15) is 0 Å². The maximum absolute atomic E-state index is 11.6. The lowest BCUT2D eigenvalue weighted by atomic mass is 10.1. The highest BCUT2D eigenvalue weighted by Crippen LogP contribution is 2.15. The van der Waals surface area contributed by atoms with Gasteiger partial charge >= 0.3 is 0 Å². The van der Waals surface area contributed by atoms with Crippen LogP contribution in [-0.4, -0.2) is 28.8 Å². The molecule has 1 heterocycles. The number of rotatable bonds is 5. The van der Waals surface area contributed by atoms with Gasteiger partial charge in [0.05, 0.1) is 25.3 Å². The average molecular weight is 234 g/mol. The van der Waals surface area contributed by atoms with Crippen molar-refractivity contribution in [2.24, 2.45) is 7.05 Å². The summed E-state index contributed by atoms with van der Waals surface area (Å²) < 4.78 is 1.79. The third kappa shape index (κ3) is 3.61. The number of nitrogens with zero attached hydrogens (tertiary/aromatic N) is 2. The molecule has 1 rings (SSSR count). The Morgan fingerprint density at radius 2 is 2.41 bits per heavy atom. The molecular weight excluding hydrogens is 216 g/mol. The number of carbonyl (C=O) groups excluding carboxylic acids is 1. The smallest absolute Gasteiger partial charge is 0.234 e. The summed E-state index contributed by atoms with van der Waals surface area (Å²) in [4.78, 5) is 11.6. The Bertz CT molecular complexity index is 430. The number of hydrogen-bond acceptors (Lipinski definition) is 3. The molecule has 0 bridgehead atoms. The van der Waals surface area contributed by atoms with Crippen molar-refractivity contribution in [1.82, 2.24) is 20.4 Å². The minimum Gasteiger partial charge on any atom is -0.348 e. The number of aromatic nitrogens is 2. The molecule has 2 N–H and O–H groups in total. The van der Waals surface area contributed by atoms with Crippen molar-refractivity contribution in [3.05, 3.63) is 17.5 Å². The number of terminal acetylenes is 1. The Kier molecular flexibility index (Phi) is 4.73. The highest BCUT2D eigenvalue weighted by atomic mass is 16.1. The number of aryl methyl sites for hydroxylation is 1. The summed E-state index contributed by atoms with van der Waals surface area (Å²) in [5, 5.41) is 9.87. The van der Waals surface area contributed by atoms with E-state index in [1.807, 2.05) is 20.9 Å². The van der Waals surface area contributed by atoms with Gasteiger partial charge in [-0.25, -0.2) is 0 Å². The molecule has 1 aromatic rings. The van der Waals surface area contributed by atoms with Crippen LogP contribution in [0.3, 0.4) is 0 Å². The van der Waals surface area contributed by atoms with Crippen LogP contribution >= 0.6 is 0 Å². The Morgan fingerprint density at radius 3 is 2.94 bits per heavy atom. The molecule has 0 saturated carbocycles.